The molecule has 0 bridgehead atoms. The van der Waals surface area contributed by atoms with Crippen molar-refractivity contribution in [2.75, 3.05) is 6.54 Å². The van der Waals surface area contributed by atoms with Gasteiger partial charge in [0, 0.05) is 18.8 Å². The molecule has 0 unspecified atom stereocenters. The highest BCUT2D eigenvalue weighted by atomic mass is 19.1. The molecule has 1 aromatic heterocycles. The van der Waals surface area contributed by atoms with E-state index < -0.39 is 11.7 Å². The summed E-state index contributed by atoms with van der Waals surface area (Å²) in [5.74, 6) is -1.69. The third-order valence-corrected chi connectivity index (χ3v) is 4.30. The number of ketones is 1. The van der Waals surface area contributed by atoms with E-state index in [2.05, 4.69) is 0 Å². The molecular formula is C19H19FN2O3. The summed E-state index contributed by atoms with van der Waals surface area (Å²) < 4.78 is 14.7. The molecule has 2 aromatic rings. The molecule has 25 heavy (non-hydrogen) atoms. The molecule has 0 saturated heterocycles. The molecule has 0 atom stereocenters. The average molecular weight is 342 g/mol. The lowest BCUT2D eigenvalue weighted by molar-refractivity contribution is -0.129. The summed E-state index contributed by atoms with van der Waals surface area (Å²) in [5.41, 5.74) is 1.33. The van der Waals surface area contributed by atoms with Crippen LogP contribution >= 0.6 is 0 Å². The van der Waals surface area contributed by atoms with Gasteiger partial charge in [0.25, 0.3) is 5.91 Å². The van der Waals surface area contributed by atoms with E-state index in [0.717, 1.165) is 5.56 Å². The van der Waals surface area contributed by atoms with Crippen LogP contribution in [0, 0.1) is 5.82 Å². The van der Waals surface area contributed by atoms with Gasteiger partial charge >= 0.3 is 0 Å². The Morgan fingerprint density at radius 1 is 1.24 bits per heavy atom. The minimum absolute atomic E-state index is 0.100. The Balaban J connectivity index is 1.86. The first-order valence-corrected chi connectivity index (χ1v) is 8.06. The first-order valence-electron chi connectivity index (χ1n) is 8.06. The second kappa shape index (κ2) is 6.55. The van der Waals surface area contributed by atoms with E-state index in [1.165, 1.54) is 17.0 Å². The molecule has 0 aliphatic carbocycles. The number of hydrogen-bond acceptors (Lipinski definition) is 3. The van der Waals surface area contributed by atoms with Crippen molar-refractivity contribution in [3.63, 3.8) is 0 Å². The van der Waals surface area contributed by atoms with Gasteiger partial charge in [0.15, 0.2) is 5.76 Å². The Bertz CT molecular complexity index is 850. The summed E-state index contributed by atoms with van der Waals surface area (Å²) >= 11 is 0. The fourth-order valence-electron chi connectivity index (χ4n) is 2.88. The third kappa shape index (κ3) is 3.20. The van der Waals surface area contributed by atoms with Gasteiger partial charge in [0.1, 0.15) is 5.82 Å². The second-order valence-electron chi connectivity index (χ2n) is 6.33. The molecule has 1 aliphatic heterocycles. The van der Waals surface area contributed by atoms with Gasteiger partial charge in [0.2, 0.25) is 5.78 Å². The molecule has 0 radical (unpaired) electrons. The van der Waals surface area contributed by atoms with E-state index >= 15 is 0 Å². The molecule has 1 aromatic carbocycles. The quantitative estimate of drug-likeness (QED) is 0.850. The van der Waals surface area contributed by atoms with Crippen LogP contribution < -0.4 is 0 Å². The lowest BCUT2D eigenvalue weighted by Crippen LogP contribution is -2.34. The monoisotopic (exact) mass is 342 g/mol. The van der Waals surface area contributed by atoms with Crippen molar-refractivity contribution >= 4 is 11.7 Å². The number of aliphatic hydroxyl groups excluding tert-OH is 1. The van der Waals surface area contributed by atoms with E-state index in [0.29, 0.717) is 12.2 Å². The van der Waals surface area contributed by atoms with Crippen LogP contribution in [0.3, 0.4) is 0 Å². The Morgan fingerprint density at radius 3 is 2.52 bits per heavy atom. The Kier molecular flexibility index (Phi) is 4.44. The highest BCUT2D eigenvalue weighted by Gasteiger charge is 2.36. The van der Waals surface area contributed by atoms with Crippen molar-refractivity contribution in [3.05, 3.63) is 71.0 Å². The molecule has 3 rings (SSSR count). The molecule has 0 spiro atoms. The van der Waals surface area contributed by atoms with Crippen molar-refractivity contribution in [1.29, 1.82) is 0 Å². The van der Waals surface area contributed by atoms with Crippen molar-refractivity contribution in [1.82, 2.24) is 9.47 Å². The highest BCUT2D eigenvalue weighted by Crippen LogP contribution is 2.23. The number of aromatic nitrogens is 1. The smallest absolute Gasteiger partial charge is 0.289 e. The number of benzene rings is 1. The molecule has 6 heteroatoms. The van der Waals surface area contributed by atoms with Crippen LogP contribution in [0.1, 0.15) is 29.9 Å². The largest absolute Gasteiger partial charge is 0.503 e. The molecule has 1 N–H and O–H groups in total. The van der Waals surface area contributed by atoms with Crippen LogP contribution in [-0.2, 0) is 11.3 Å². The molecule has 1 amide bonds. The van der Waals surface area contributed by atoms with Crippen LogP contribution in [-0.4, -0.2) is 38.9 Å². The van der Waals surface area contributed by atoms with Crippen molar-refractivity contribution in [2.24, 2.45) is 0 Å². The van der Waals surface area contributed by atoms with Gasteiger partial charge < -0.3 is 14.6 Å². The number of rotatable bonds is 5. The Labute approximate surface area is 145 Å². The molecule has 0 fully saturated rings. The number of hydrogen-bond donors (Lipinski definition) is 1. The van der Waals surface area contributed by atoms with Gasteiger partial charge in [-0.2, -0.15) is 0 Å². The zero-order chi connectivity index (χ0) is 18.1. The van der Waals surface area contributed by atoms with Crippen LogP contribution in [0.5, 0.6) is 0 Å². The minimum Gasteiger partial charge on any atom is -0.503 e. The summed E-state index contributed by atoms with van der Waals surface area (Å²) in [6.07, 6.45) is 1.74. The van der Waals surface area contributed by atoms with Gasteiger partial charge in [-0.05, 0) is 43.7 Å². The summed E-state index contributed by atoms with van der Waals surface area (Å²) in [6, 6.07) is 9.31. The number of aliphatic hydroxyl groups is 1. The lowest BCUT2D eigenvalue weighted by Gasteiger charge is -2.20. The number of amides is 1. The van der Waals surface area contributed by atoms with E-state index in [-0.39, 0.29) is 29.8 Å². The lowest BCUT2D eigenvalue weighted by atomic mass is 10.1. The van der Waals surface area contributed by atoms with Crippen molar-refractivity contribution < 1.29 is 19.1 Å². The zero-order valence-electron chi connectivity index (χ0n) is 14.1. The molecular weight excluding hydrogens is 323 g/mol. The predicted octanol–water partition coefficient (Wildman–Crippen LogP) is 2.92. The fourth-order valence-corrected chi connectivity index (χ4v) is 2.88. The zero-order valence-corrected chi connectivity index (χ0v) is 14.1. The van der Waals surface area contributed by atoms with E-state index in [1.54, 1.807) is 35.0 Å². The molecule has 2 heterocycles. The maximum Gasteiger partial charge on any atom is 0.289 e. The Hall–Kier alpha value is -2.89. The van der Waals surface area contributed by atoms with Gasteiger partial charge in [-0.1, -0.05) is 12.1 Å². The molecule has 1 aliphatic rings. The summed E-state index contributed by atoms with van der Waals surface area (Å²) in [5, 5.41) is 10.1. The van der Waals surface area contributed by atoms with Crippen LogP contribution in [0.4, 0.5) is 4.39 Å². The highest BCUT2D eigenvalue weighted by molar-refractivity contribution is 6.14. The van der Waals surface area contributed by atoms with Crippen molar-refractivity contribution in [2.45, 2.75) is 26.4 Å². The molecule has 5 nitrogen and oxygen atoms in total. The van der Waals surface area contributed by atoms with E-state index in [1.807, 2.05) is 13.8 Å². The SMILES string of the molecule is CC(C)N1CC(C(=O)c2cccn2Cc2ccc(F)cc2)=C(O)C1=O. The molecule has 130 valence electrons. The average Bonchev–Trinajstić information content (AvgIpc) is 3.15. The van der Waals surface area contributed by atoms with Gasteiger partial charge in [-0.15, -0.1) is 0 Å². The number of halogens is 1. The summed E-state index contributed by atoms with van der Waals surface area (Å²) in [4.78, 5) is 26.3. The van der Waals surface area contributed by atoms with E-state index in [4.69, 9.17) is 0 Å². The maximum atomic E-state index is 13.0. The van der Waals surface area contributed by atoms with Crippen LogP contribution in [0.25, 0.3) is 0 Å². The fraction of sp³-hybridized carbons (Fsp3) is 0.263. The second-order valence-corrected chi connectivity index (χ2v) is 6.33. The number of nitrogens with zero attached hydrogens (tertiary/aromatic N) is 2. The number of carbonyl (C=O) groups excluding carboxylic acids is 2. The summed E-state index contributed by atoms with van der Waals surface area (Å²) in [7, 11) is 0. The third-order valence-electron chi connectivity index (χ3n) is 4.30. The van der Waals surface area contributed by atoms with Crippen LogP contribution in [0.15, 0.2) is 53.9 Å². The summed E-state index contributed by atoms with van der Waals surface area (Å²) in [6.45, 7) is 4.15. The topological polar surface area (TPSA) is 62.5 Å². The Morgan fingerprint density at radius 2 is 1.92 bits per heavy atom. The van der Waals surface area contributed by atoms with Gasteiger partial charge in [0.05, 0.1) is 17.8 Å². The predicted molar refractivity (Wildman–Crippen MR) is 90.8 cm³/mol. The first-order chi connectivity index (χ1) is 11.9. The normalized spacial score (nSPS) is 14.7. The number of carbonyl (C=O) groups is 2. The van der Waals surface area contributed by atoms with E-state index in [9.17, 15) is 19.1 Å². The molecule has 0 saturated carbocycles. The minimum atomic E-state index is -0.519. The maximum absolute atomic E-state index is 13.0. The van der Waals surface area contributed by atoms with Gasteiger partial charge in [-0.3, -0.25) is 9.59 Å². The van der Waals surface area contributed by atoms with Gasteiger partial charge in [-0.25, -0.2) is 4.39 Å². The standard InChI is InChI=1S/C19H19FN2O3/c1-12(2)22-11-15(18(24)19(22)25)17(23)16-4-3-9-21(16)10-13-5-7-14(20)8-6-13/h3-9,12,24H,10-11H2,1-2H3. The first kappa shape index (κ1) is 17.0. The number of Topliss-reactive ketones (excluding diaryl/α,β-unsaturated/α-hetero) is 1. The van der Waals surface area contributed by atoms with Crippen molar-refractivity contribution in [3.8, 4) is 0 Å². The van der Waals surface area contributed by atoms with Crippen LogP contribution in [0.2, 0.25) is 0 Å².